The smallest absolute Gasteiger partial charge is 0.00700 e. The molecule has 2 unspecified atom stereocenters. The molecule has 2 aliphatic carbocycles. The molecule has 0 spiro atoms. The van der Waals surface area contributed by atoms with E-state index >= 15 is 0 Å². The minimum Gasteiger partial charge on any atom is -0.311 e. The summed E-state index contributed by atoms with van der Waals surface area (Å²) in [4.78, 5) is 0. The molecule has 1 nitrogen and oxygen atoms in total. The van der Waals surface area contributed by atoms with Crippen LogP contribution in [0.3, 0.4) is 0 Å². The van der Waals surface area contributed by atoms with Crippen LogP contribution in [-0.2, 0) is 0 Å². The van der Waals surface area contributed by atoms with Crippen LogP contribution in [0.1, 0.15) is 85.5 Å². The van der Waals surface area contributed by atoms with E-state index in [-0.39, 0.29) is 0 Å². The van der Waals surface area contributed by atoms with Crippen molar-refractivity contribution in [1.29, 1.82) is 0 Å². The Labute approximate surface area is 120 Å². The van der Waals surface area contributed by atoms with Gasteiger partial charge in [0.1, 0.15) is 0 Å². The molecule has 1 N–H and O–H groups in total. The van der Waals surface area contributed by atoms with E-state index < -0.39 is 0 Å². The fourth-order valence-corrected chi connectivity index (χ4v) is 4.06. The largest absolute Gasteiger partial charge is 0.311 e. The van der Waals surface area contributed by atoms with Crippen molar-refractivity contribution in [1.82, 2.24) is 5.32 Å². The van der Waals surface area contributed by atoms with Crippen LogP contribution in [0.2, 0.25) is 0 Å². The summed E-state index contributed by atoms with van der Waals surface area (Å²) in [7, 11) is 0. The van der Waals surface area contributed by atoms with Crippen molar-refractivity contribution < 1.29 is 0 Å². The van der Waals surface area contributed by atoms with Crippen LogP contribution in [0.15, 0.2) is 0 Å². The fraction of sp³-hybridized carbons (Fsp3) is 1.00. The fourth-order valence-electron chi connectivity index (χ4n) is 4.06. The highest BCUT2D eigenvalue weighted by atomic mass is 15.0. The van der Waals surface area contributed by atoms with Crippen molar-refractivity contribution in [3.05, 3.63) is 0 Å². The van der Waals surface area contributed by atoms with Crippen LogP contribution < -0.4 is 5.32 Å². The van der Waals surface area contributed by atoms with Crippen molar-refractivity contribution in [3.8, 4) is 0 Å². The van der Waals surface area contributed by atoms with Crippen molar-refractivity contribution in [2.75, 3.05) is 0 Å². The maximum atomic E-state index is 4.00. The maximum absolute atomic E-state index is 4.00. The predicted octanol–water partition coefficient (Wildman–Crippen LogP) is 5.15. The minimum absolute atomic E-state index is 0.602. The summed E-state index contributed by atoms with van der Waals surface area (Å²) in [6, 6.07) is 1.63. The molecule has 2 aliphatic rings. The summed E-state index contributed by atoms with van der Waals surface area (Å²) in [6.07, 6.45) is 12.8. The standard InChI is InChI=1S/C18H35N/c1-14(2)15-6-5-7-16(9-8-15)19-17-10-12-18(3,4)13-11-17/h14-17,19H,5-13H2,1-4H3. The molecule has 2 rings (SSSR count). The SMILES string of the molecule is CC(C)C1CCCC(NC2CCC(C)(C)CC2)CC1. The Morgan fingerprint density at radius 2 is 1.47 bits per heavy atom. The Balaban J connectivity index is 1.74. The van der Waals surface area contributed by atoms with Crippen LogP contribution in [-0.4, -0.2) is 12.1 Å². The minimum atomic E-state index is 0.602. The van der Waals surface area contributed by atoms with Crippen LogP contribution in [0.5, 0.6) is 0 Å². The van der Waals surface area contributed by atoms with Crippen molar-refractivity contribution in [2.45, 2.75) is 97.6 Å². The van der Waals surface area contributed by atoms with Gasteiger partial charge in [0.25, 0.3) is 0 Å². The number of rotatable bonds is 3. The van der Waals surface area contributed by atoms with E-state index in [0.717, 1.165) is 23.9 Å². The lowest BCUT2D eigenvalue weighted by atomic mass is 9.75. The summed E-state index contributed by atoms with van der Waals surface area (Å²) in [6.45, 7) is 9.67. The van der Waals surface area contributed by atoms with E-state index in [0.29, 0.717) is 5.41 Å². The highest BCUT2D eigenvalue weighted by molar-refractivity contribution is 4.85. The monoisotopic (exact) mass is 265 g/mol. The topological polar surface area (TPSA) is 12.0 Å². The van der Waals surface area contributed by atoms with Gasteiger partial charge in [-0.1, -0.05) is 40.5 Å². The van der Waals surface area contributed by atoms with Gasteiger partial charge in [-0.25, -0.2) is 0 Å². The zero-order valence-corrected chi connectivity index (χ0v) is 13.7. The first-order valence-corrected chi connectivity index (χ1v) is 8.72. The lowest BCUT2D eigenvalue weighted by Gasteiger charge is -2.36. The third-order valence-corrected chi connectivity index (χ3v) is 5.77. The molecule has 2 atom stereocenters. The molecule has 0 bridgehead atoms. The van der Waals surface area contributed by atoms with Gasteiger partial charge in [0.15, 0.2) is 0 Å². The van der Waals surface area contributed by atoms with Gasteiger partial charge in [-0.05, 0) is 62.2 Å². The molecular formula is C18H35N. The Morgan fingerprint density at radius 3 is 2.11 bits per heavy atom. The molecular weight excluding hydrogens is 230 g/mol. The van der Waals surface area contributed by atoms with Gasteiger partial charge in [-0.15, -0.1) is 0 Å². The van der Waals surface area contributed by atoms with Gasteiger partial charge in [0.2, 0.25) is 0 Å². The second-order valence-corrected chi connectivity index (χ2v) is 8.31. The van der Waals surface area contributed by atoms with Crippen LogP contribution in [0, 0.1) is 17.3 Å². The van der Waals surface area contributed by atoms with Crippen molar-refractivity contribution >= 4 is 0 Å². The van der Waals surface area contributed by atoms with Crippen molar-refractivity contribution in [3.63, 3.8) is 0 Å². The third-order valence-electron chi connectivity index (χ3n) is 5.77. The van der Waals surface area contributed by atoms with E-state index in [4.69, 9.17) is 0 Å². The van der Waals surface area contributed by atoms with Gasteiger partial charge >= 0.3 is 0 Å². The Hall–Kier alpha value is -0.0400. The van der Waals surface area contributed by atoms with Gasteiger partial charge in [-0.2, -0.15) is 0 Å². The molecule has 112 valence electrons. The lowest BCUT2D eigenvalue weighted by Crippen LogP contribution is -2.41. The normalized spacial score (nSPS) is 33.3. The third kappa shape index (κ3) is 4.77. The maximum Gasteiger partial charge on any atom is 0.00700 e. The Morgan fingerprint density at radius 1 is 0.842 bits per heavy atom. The van der Waals surface area contributed by atoms with Crippen molar-refractivity contribution in [2.24, 2.45) is 17.3 Å². The Bertz CT molecular complexity index is 259. The molecule has 2 saturated carbocycles. The highest BCUT2D eigenvalue weighted by Gasteiger charge is 2.28. The summed E-state index contributed by atoms with van der Waals surface area (Å²) in [5.41, 5.74) is 0.602. The van der Waals surface area contributed by atoms with Crippen LogP contribution >= 0.6 is 0 Å². The molecule has 0 saturated heterocycles. The average Bonchev–Trinajstić information content (AvgIpc) is 2.57. The first kappa shape index (κ1) is 15.4. The van der Waals surface area contributed by atoms with E-state index in [9.17, 15) is 0 Å². The highest BCUT2D eigenvalue weighted by Crippen LogP contribution is 2.36. The summed E-state index contributed by atoms with van der Waals surface area (Å²) in [5.74, 6) is 1.87. The van der Waals surface area contributed by atoms with E-state index in [1.165, 1.54) is 57.8 Å². The van der Waals surface area contributed by atoms with Gasteiger partial charge in [0.05, 0.1) is 0 Å². The quantitative estimate of drug-likeness (QED) is 0.696. The molecule has 0 heterocycles. The number of nitrogens with one attached hydrogen (secondary N) is 1. The molecule has 19 heavy (non-hydrogen) atoms. The average molecular weight is 265 g/mol. The molecule has 0 radical (unpaired) electrons. The van der Waals surface area contributed by atoms with Crippen LogP contribution in [0.4, 0.5) is 0 Å². The first-order chi connectivity index (χ1) is 8.96. The number of hydrogen-bond acceptors (Lipinski definition) is 1. The van der Waals surface area contributed by atoms with Gasteiger partial charge < -0.3 is 5.32 Å². The molecule has 0 amide bonds. The van der Waals surface area contributed by atoms with E-state index in [2.05, 4.69) is 33.0 Å². The van der Waals surface area contributed by atoms with E-state index in [1.54, 1.807) is 0 Å². The van der Waals surface area contributed by atoms with E-state index in [1.807, 2.05) is 0 Å². The number of hydrogen-bond donors (Lipinski definition) is 1. The van der Waals surface area contributed by atoms with Gasteiger partial charge in [-0.3, -0.25) is 0 Å². The molecule has 0 aromatic carbocycles. The molecule has 0 aliphatic heterocycles. The predicted molar refractivity (Wildman–Crippen MR) is 84.4 cm³/mol. The second-order valence-electron chi connectivity index (χ2n) is 8.31. The lowest BCUT2D eigenvalue weighted by molar-refractivity contribution is 0.194. The first-order valence-electron chi connectivity index (χ1n) is 8.72. The summed E-state index contributed by atoms with van der Waals surface area (Å²) < 4.78 is 0. The molecule has 2 fully saturated rings. The summed E-state index contributed by atoms with van der Waals surface area (Å²) in [5, 5.41) is 4.00. The van der Waals surface area contributed by atoms with Crippen LogP contribution in [0.25, 0.3) is 0 Å². The molecule has 1 heteroatoms. The summed E-state index contributed by atoms with van der Waals surface area (Å²) >= 11 is 0. The molecule has 0 aromatic rings. The molecule has 0 aromatic heterocycles. The second kappa shape index (κ2) is 6.61. The zero-order valence-electron chi connectivity index (χ0n) is 13.7. The van der Waals surface area contributed by atoms with Gasteiger partial charge in [0, 0.05) is 12.1 Å². The Kier molecular flexibility index (Phi) is 5.34. The zero-order chi connectivity index (χ0) is 13.9.